The second-order valence-electron chi connectivity index (χ2n) is 4.60. The average molecular weight is 272 g/mol. The maximum absolute atomic E-state index is 12.1. The van der Waals surface area contributed by atoms with E-state index in [1.54, 1.807) is 17.0 Å². The van der Waals surface area contributed by atoms with Crippen LogP contribution >= 0.6 is 23.2 Å². The van der Waals surface area contributed by atoms with Crippen molar-refractivity contribution in [1.82, 2.24) is 4.90 Å². The monoisotopic (exact) mass is 271 g/mol. The first-order valence-electron chi connectivity index (χ1n) is 5.72. The van der Waals surface area contributed by atoms with Crippen LogP contribution in [0.5, 0.6) is 0 Å². The molecular weight excluding hydrogens is 257 g/mol. The van der Waals surface area contributed by atoms with Gasteiger partial charge in [-0.15, -0.1) is 11.6 Å². The van der Waals surface area contributed by atoms with Gasteiger partial charge in [-0.3, -0.25) is 4.79 Å². The highest BCUT2D eigenvalue weighted by atomic mass is 35.5. The van der Waals surface area contributed by atoms with Crippen LogP contribution in [0.4, 0.5) is 0 Å². The van der Waals surface area contributed by atoms with Crippen molar-refractivity contribution in [2.45, 2.75) is 18.2 Å². The van der Waals surface area contributed by atoms with Gasteiger partial charge in [0.1, 0.15) is 0 Å². The Morgan fingerprint density at radius 3 is 2.65 bits per heavy atom. The molecule has 1 aromatic rings. The Morgan fingerprint density at radius 1 is 1.41 bits per heavy atom. The van der Waals surface area contributed by atoms with Crippen LogP contribution < -0.4 is 0 Å². The fraction of sp³-hybridized carbons (Fsp3) is 0.462. The minimum Gasteiger partial charge on any atom is -0.341 e. The number of carbonyl (C=O) groups is 1. The van der Waals surface area contributed by atoms with Crippen LogP contribution in [0.2, 0.25) is 5.02 Å². The Kier molecular flexibility index (Phi) is 3.95. The SMILES string of the molecule is CN(CC1CC(Cl)C1)C(=O)c1ccccc1Cl. The van der Waals surface area contributed by atoms with E-state index in [4.69, 9.17) is 23.2 Å². The van der Waals surface area contributed by atoms with Gasteiger partial charge in [-0.25, -0.2) is 0 Å². The van der Waals surface area contributed by atoms with Gasteiger partial charge >= 0.3 is 0 Å². The standard InChI is InChI=1S/C13H15Cl2NO/c1-16(8-9-6-10(14)7-9)13(17)11-4-2-3-5-12(11)15/h2-5,9-10H,6-8H2,1H3. The van der Waals surface area contributed by atoms with Crippen molar-refractivity contribution in [1.29, 1.82) is 0 Å². The molecule has 0 radical (unpaired) electrons. The molecular formula is C13H15Cl2NO. The second-order valence-corrected chi connectivity index (χ2v) is 5.62. The van der Waals surface area contributed by atoms with E-state index in [0.29, 0.717) is 21.9 Å². The molecule has 17 heavy (non-hydrogen) atoms. The molecule has 1 aliphatic carbocycles. The molecule has 1 amide bonds. The van der Waals surface area contributed by atoms with Crippen molar-refractivity contribution in [2.75, 3.05) is 13.6 Å². The van der Waals surface area contributed by atoms with Gasteiger partial charge in [0, 0.05) is 19.0 Å². The topological polar surface area (TPSA) is 20.3 Å². The van der Waals surface area contributed by atoms with Gasteiger partial charge in [0.05, 0.1) is 10.6 Å². The first-order chi connectivity index (χ1) is 8.08. The molecule has 0 unspecified atom stereocenters. The van der Waals surface area contributed by atoms with Crippen molar-refractivity contribution < 1.29 is 4.79 Å². The van der Waals surface area contributed by atoms with Crippen molar-refractivity contribution >= 4 is 29.1 Å². The molecule has 1 aliphatic rings. The third-order valence-electron chi connectivity index (χ3n) is 3.16. The summed E-state index contributed by atoms with van der Waals surface area (Å²) >= 11 is 11.9. The summed E-state index contributed by atoms with van der Waals surface area (Å²) < 4.78 is 0. The van der Waals surface area contributed by atoms with E-state index >= 15 is 0 Å². The predicted molar refractivity (Wildman–Crippen MR) is 70.8 cm³/mol. The minimum absolute atomic E-state index is 0.0198. The van der Waals surface area contributed by atoms with Gasteiger partial charge in [-0.1, -0.05) is 23.7 Å². The number of alkyl halides is 1. The van der Waals surface area contributed by atoms with Gasteiger partial charge in [-0.05, 0) is 30.9 Å². The van der Waals surface area contributed by atoms with Crippen LogP contribution in [0.15, 0.2) is 24.3 Å². The summed E-state index contributed by atoms with van der Waals surface area (Å²) in [7, 11) is 1.81. The molecule has 0 aromatic heterocycles. The van der Waals surface area contributed by atoms with E-state index in [9.17, 15) is 4.79 Å². The van der Waals surface area contributed by atoms with E-state index in [1.807, 2.05) is 19.2 Å². The lowest BCUT2D eigenvalue weighted by Crippen LogP contribution is -2.38. The quantitative estimate of drug-likeness (QED) is 0.772. The lowest BCUT2D eigenvalue weighted by atomic mass is 9.84. The maximum Gasteiger partial charge on any atom is 0.255 e. The molecule has 0 N–H and O–H groups in total. The lowest BCUT2D eigenvalue weighted by molar-refractivity contribution is 0.0747. The zero-order valence-corrected chi connectivity index (χ0v) is 11.2. The Bertz CT molecular complexity index is 416. The molecule has 0 bridgehead atoms. The van der Waals surface area contributed by atoms with Crippen LogP contribution in [0, 0.1) is 5.92 Å². The van der Waals surface area contributed by atoms with E-state index in [1.165, 1.54) is 0 Å². The lowest BCUT2D eigenvalue weighted by Gasteiger charge is -2.34. The molecule has 0 spiro atoms. The predicted octanol–water partition coefficient (Wildman–Crippen LogP) is 3.43. The van der Waals surface area contributed by atoms with Crippen molar-refractivity contribution in [3.05, 3.63) is 34.9 Å². The van der Waals surface area contributed by atoms with Crippen LogP contribution in [-0.4, -0.2) is 29.8 Å². The van der Waals surface area contributed by atoms with E-state index in [2.05, 4.69) is 0 Å². The van der Waals surface area contributed by atoms with Gasteiger partial charge in [0.2, 0.25) is 0 Å². The molecule has 1 saturated carbocycles. The summed E-state index contributed by atoms with van der Waals surface area (Å²) in [6, 6.07) is 7.14. The Morgan fingerprint density at radius 2 is 2.06 bits per heavy atom. The van der Waals surface area contributed by atoms with Gasteiger partial charge in [0.25, 0.3) is 5.91 Å². The number of hydrogen-bond donors (Lipinski definition) is 0. The Labute approximate surface area is 112 Å². The number of halogens is 2. The summed E-state index contributed by atoms with van der Waals surface area (Å²) in [5.41, 5.74) is 0.568. The summed E-state index contributed by atoms with van der Waals surface area (Å²) in [6.45, 7) is 0.757. The highest BCUT2D eigenvalue weighted by Gasteiger charge is 2.29. The van der Waals surface area contributed by atoms with Gasteiger partial charge in [-0.2, -0.15) is 0 Å². The summed E-state index contributed by atoms with van der Waals surface area (Å²) in [6.07, 6.45) is 2.00. The molecule has 0 atom stereocenters. The van der Waals surface area contributed by atoms with E-state index < -0.39 is 0 Å². The number of benzene rings is 1. The van der Waals surface area contributed by atoms with Crippen LogP contribution in [0.25, 0.3) is 0 Å². The highest BCUT2D eigenvalue weighted by Crippen LogP contribution is 2.32. The minimum atomic E-state index is -0.0198. The molecule has 2 nitrogen and oxygen atoms in total. The molecule has 1 aromatic carbocycles. The van der Waals surface area contributed by atoms with E-state index in [-0.39, 0.29) is 5.91 Å². The molecule has 0 heterocycles. The van der Waals surface area contributed by atoms with Gasteiger partial charge < -0.3 is 4.90 Å². The first kappa shape index (κ1) is 12.7. The smallest absolute Gasteiger partial charge is 0.255 e. The largest absolute Gasteiger partial charge is 0.341 e. The fourth-order valence-corrected chi connectivity index (χ4v) is 2.83. The number of amides is 1. The van der Waals surface area contributed by atoms with Crippen LogP contribution in [0.3, 0.4) is 0 Å². The summed E-state index contributed by atoms with van der Waals surface area (Å²) in [5.74, 6) is 0.516. The Balaban J connectivity index is 1.97. The summed E-state index contributed by atoms with van der Waals surface area (Å²) in [4.78, 5) is 13.9. The third-order valence-corrected chi connectivity index (χ3v) is 3.85. The first-order valence-corrected chi connectivity index (χ1v) is 6.53. The molecule has 2 rings (SSSR count). The van der Waals surface area contributed by atoms with Crippen molar-refractivity contribution in [3.63, 3.8) is 0 Å². The summed E-state index contributed by atoms with van der Waals surface area (Å²) in [5, 5.41) is 0.803. The third kappa shape index (κ3) is 2.93. The number of nitrogens with zero attached hydrogens (tertiary/aromatic N) is 1. The van der Waals surface area contributed by atoms with Crippen molar-refractivity contribution in [3.8, 4) is 0 Å². The Hall–Kier alpha value is -0.730. The van der Waals surface area contributed by atoms with Crippen LogP contribution in [0.1, 0.15) is 23.2 Å². The van der Waals surface area contributed by atoms with Crippen molar-refractivity contribution in [2.24, 2.45) is 5.92 Å². The number of hydrogen-bond acceptors (Lipinski definition) is 1. The molecule has 0 saturated heterocycles. The normalized spacial score (nSPS) is 23.0. The highest BCUT2D eigenvalue weighted by molar-refractivity contribution is 6.33. The van der Waals surface area contributed by atoms with E-state index in [0.717, 1.165) is 19.4 Å². The van der Waals surface area contributed by atoms with Gasteiger partial charge in [0.15, 0.2) is 0 Å². The molecule has 4 heteroatoms. The maximum atomic E-state index is 12.1. The number of carbonyl (C=O) groups excluding carboxylic acids is 1. The fourth-order valence-electron chi connectivity index (χ4n) is 2.11. The zero-order chi connectivity index (χ0) is 12.4. The zero-order valence-electron chi connectivity index (χ0n) is 9.70. The molecule has 0 aliphatic heterocycles. The molecule has 92 valence electrons. The second kappa shape index (κ2) is 5.28. The van der Waals surface area contributed by atoms with Crippen LogP contribution in [-0.2, 0) is 0 Å². The molecule has 1 fully saturated rings. The number of rotatable bonds is 3. The average Bonchev–Trinajstić information content (AvgIpc) is 2.26.